The lowest BCUT2D eigenvalue weighted by Crippen LogP contribution is -2.43. The number of aromatic hydroxyl groups is 1. The van der Waals surface area contributed by atoms with E-state index in [9.17, 15) is 29.0 Å². The smallest absolute Gasteiger partial charge is 0.321 e. The van der Waals surface area contributed by atoms with Crippen LogP contribution in [0.4, 0.5) is 10.1 Å². The Kier molecular flexibility index (Phi) is 3.92. The average Bonchev–Trinajstić information content (AvgIpc) is 3.14. The zero-order valence-electron chi connectivity index (χ0n) is 13.9. The van der Waals surface area contributed by atoms with Gasteiger partial charge in [0.05, 0.1) is 17.5 Å². The fourth-order valence-corrected chi connectivity index (χ4v) is 3.92. The van der Waals surface area contributed by atoms with E-state index in [-0.39, 0.29) is 11.4 Å². The van der Waals surface area contributed by atoms with Crippen molar-refractivity contribution in [1.82, 2.24) is 5.32 Å². The molecule has 0 spiro atoms. The summed E-state index contributed by atoms with van der Waals surface area (Å²) >= 11 is 0. The number of anilines is 1. The molecule has 2 aliphatic heterocycles. The largest absolute Gasteiger partial charge is 0.508 e. The number of carbonyl (C=O) groups excluding carboxylic acids is 2. The highest BCUT2D eigenvalue weighted by atomic mass is 19.1. The molecule has 2 amide bonds. The molecule has 0 aromatic heterocycles. The van der Waals surface area contributed by atoms with Crippen molar-refractivity contribution >= 4 is 23.5 Å². The number of carbonyl (C=O) groups is 3. The number of amides is 2. The maximum atomic E-state index is 13.2. The Morgan fingerprint density at radius 2 is 1.63 bits per heavy atom. The minimum absolute atomic E-state index is 0.0970. The van der Waals surface area contributed by atoms with Crippen molar-refractivity contribution in [3.8, 4) is 5.75 Å². The zero-order chi connectivity index (χ0) is 19.3. The molecule has 2 aliphatic rings. The van der Waals surface area contributed by atoms with E-state index in [0.29, 0.717) is 5.56 Å². The molecule has 0 aliphatic carbocycles. The second kappa shape index (κ2) is 6.17. The van der Waals surface area contributed by atoms with Crippen LogP contribution in [-0.2, 0) is 14.4 Å². The van der Waals surface area contributed by atoms with Crippen LogP contribution >= 0.6 is 0 Å². The van der Waals surface area contributed by atoms with Crippen LogP contribution in [0.2, 0.25) is 0 Å². The standard InChI is InChI=1S/C19H15FN2O5/c20-9-5-7-10(8-6-9)22-17(24)13-14(18(22)25)16(19(26)27)21-15(13)11-3-1-2-4-12(11)23/h1-8,13-16,21,23H,(H,26,27)/t13-,14-,15-,16-/m0/s1. The van der Waals surface area contributed by atoms with Crippen molar-refractivity contribution < 1.29 is 29.0 Å². The summed E-state index contributed by atoms with van der Waals surface area (Å²) in [5.74, 6) is -5.22. The Morgan fingerprint density at radius 1 is 1.00 bits per heavy atom. The fourth-order valence-electron chi connectivity index (χ4n) is 3.92. The van der Waals surface area contributed by atoms with Crippen molar-refractivity contribution in [1.29, 1.82) is 0 Å². The van der Waals surface area contributed by atoms with Gasteiger partial charge in [0, 0.05) is 11.6 Å². The van der Waals surface area contributed by atoms with Crippen molar-refractivity contribution in [3.05, 3.63) is 59.9 Å². The summed E-state index contributed by atoms with van der Waals surface area (Å²) in [5.41, 5.74) is 0.527. The minimum atomic E-state index is -1.28. The fraction of sp³-hybridized carbons (Fsp3) is 0.211. The SMILES string of the molecule is O=C(O)[C@H]1N[C@@H](c2ccccc2O)[C@H]2C(=O)N(c3ccc(F)cc3)C(=O)[C@@H]21. The number of nitrogens with zero attached hydrogens (tertiary/aromatic N) is 1. The molecule has 7 nitrogen and oxygen atoms in total. The highest BCUT2D eigenvalue weighted by Crippen LogP contribution is 2.46. The number of aliphatic carboxylic acids is 1. The Hall–Kier alpha value is -3.26. The predicted octanol–water partition coefficient (Wildman–Crippen LogP) is 1.43. The van der Waals surface area contributed by atoms with Crippen LogP contribution < -0.4 is 10.2 Å². The molecule has 27 heavy (non-hydrogen) atoms. The number of hydrogen-bond donors (Lipinski definition) is 3. The molecule has 0 radical (unpaired) electrons. The monoisotopic (exact) mass is 370 g/mol. The maximum absolute atomic E-state index is 13.2. The van der Waals surface area contributed by atoms with Gasteiger partial charge in [-0.2, -0.15) is 0 Å². The number of rotatable bonds is 3. The minimum Gasteiger partial charge on any atom is -0.508 e. The highest BCUT2D eigenvalue weighted by Gasteiger charge is 2.61. The molecule has 0 bridgehead atoms. The van der Waals surface area contributed by atoms with Crippen LogP contribution in [-0.4, -0.2) is 34.0 Å². The number of carboxylic acid groups (broad SMARTS) is 1. The van der Waals surface area contributed by atoms with Crippen molar-refractivity contribution in [2.45, 2.75) is 12.1 Å². The first kappa shape index (κ1) is 17.2. The molecule has 4 rings (SSSR count). The quantitative estimate of drug-likeness (QED) is 0.706. The number of imide groups is 1. The van der Waals surface area contributed by atoms with Gasteiger partial charge in [-0.1, -0.05) is 18.2 Å². The molecule has 2 heterocycles. The van der Waals surface area contributed by atoms with Gasteiger partial charge in [0.25, 0.3) is 0 Å². The van der Waals surface area contributed by atoms with Crippen molar-refractivity contribution in [3.63, 3.8) is 0 Å². The molecule has 2 aromatic rings. The molecule has 2 fully saturated rings. The van der Waals surface area contributed by atoms with E-state index < -0.39 is 47.5 Å². The lowest BCUT2D eigenvalue weighted by molar-refractivity contribution is -0.142. The number of nitrogens with one attached hydrogen (secondary N) is 1. The number of fused-ring (bicyclic) bond motifs is 1. The summed E-state index contributed by atoms with van der Waals surface area (Å²) in [6, 6.07) is 8.99. The van der Waals surface area contributed by atoms with Crippen LogP contribution in [0.25, 0.3) is 0 Å². The van der Waals surface area contributed by atoms with Gasteiger partial charge in [0.15, 0.2) is 0 Å². The first-order valence-electron chi connectivity index (χ1n) is 8.30. The number of hydrogen-bond acceptors (Lipinski definition) is 5. The van der Waals surface area contributed by atoms with Gasteiger partial charge < -0.3 is 10.2 Å². The maximum Gasteiger partial charge on any atom is 0.321 e. The van der Waals surface area contributed by atoms with Crippen molar-refractivity contribution in [2.75, 3.05) is 4.90 Å². The summed E-state index contributed by atoms with van der Waals surface area (Å²) in [4.78, 5) is 38.5. The predicted molar refractivity (Wildman–Crippen MR) is 91.3 cm³/mol. The lowest BCUT2D eigenvalue weighted by atomic mass is 9.86. The molecule has 2 aromatic carbocycles. The van der Waals surface area contributed by atoms with Gasteiger partial charge in [-0.05, 0) is 30.3 Å². The Bertz CT molecular complexity index is 945. The van der Waals surface area contributed by atoms with Gasteiger partial charge in [-0.25, -0.2) is 9.29 Å². The molecular weight excluding hydrogens is 355 g/mol. The zero-order valence-corrected chi connectivity index (χ0v) is 13.9. The topological polar surface area (TPSA) is 107 Å². The third kappa shape index (κ3) is 2.57. The molecule has 0 saturated carbocycles. The molecule has 4 atom stereocenters. The number of carboxylic acids is 1. The normalized spacial score (nSPS) is 27.1. The third-order valence-corrected chi connectivity index (χ3v) is 5.10. The number of benzene rings is 2. The van der Waals surface area contributed by atoms with E-state index in [0.717, 1.165) is 17.0 Å². The molecular formula is C19H15FN2O5. The molecule has 8 heteroatoms. The second-order valence-corrected chi connectivity index (χ2v) is 6.56. The number of para-hydroxylation sites is 1. The molecule has 138 valence electrons. The van der Waals surface area contributed by atoms with Gasteiger partial charge in [0.1, 0.15) is 17.6 Å². The summed E-state index contributed by atoms with van der Waals surface area (Å²) in [6.07, 6.45) is 0. The van der Waals surface area contributed by atoms with Gasteiger partial charge in [0.2, 0.25) is 11.8 Å². The average molecular weight is 370 g/mol. The number of halogens is 1. The van der Waals surface area contributed by atoms with Gasteiger partial charge >= 0.3 is 5.97 Å². The number of phenols is 1. The highest BCUT2D eigenvalue weighted by molar-refractivity contribution is 6.23. The first-order valence-corrected chi connectivity index (χ1v) is 8.30. The summed E-state index contributed by atoms with van der Waals surface area (Å²) < 4.78 is 13.2. The lowest BCUT2D eigenvalue weighted by Gasteiger charge is -2.22. The van der Waals surface area contributed by atoms with E-state index in [1.807, 2.05) is 0 Å². The van der Waals surface area contributed by atoms with Crippen LogP contribution in [0.3, 0.4) is 0 Å². The van der Waals surface area contributed by atoms with Crippen LogP contribution in [0.15, 0.2) is 48.5 Å². The van der Waals surface area contributed by atoms with E-state index in [1.165, 1.54) is 18.2 Å². The van der Waals surface area contributed by atoms with Crippen LogP contribution in [0.1, 0.15) is 11.6 Å². The van der Waals surface area contributed by atoms with Gasteiger partial charge in [-0.15, -0.1) is 0 Å². The van der Waals surface area contributed by atoms with Crippen LogP contribution in [0.5, 0.6) is 5.75 Å². The second-order valence-electron chi connectivity index (χ2n) is 6.56. The Morgan fingerprint density at radius 3 is 2.26 bits per heavy atom. The Balaban J connectivity index is 1.79. The number of phenolic OH excluding ortho intramolecular Hbond substituents is 1. The van der Waals surface area contributed by atoms with E-state index in [4.69, 9.17) is 0 Å². The van der Waals surface area contributed by atoms with Crippen molar-refractivity contribution in [2.24, 2.45) is 11.8 Å². The molecule has 3 N–H and O–H groups in total. The van der Waals surface area contributed by atoms with E-state index in [2.05, 4.69) is 5.32 Å². The van der Waals surface area contributed by atoms with E-state index >= 15 is 0 Å². The van der Waals surface area contributed by atoms with E-state index in [1.54, 1.807) is 18.2 Å². The Labute approximate surface area is 153 Å². The molecule has 2 saturated heterocycles. The molecule has 0 unspecified atom stereocenters. The summed E-state index contributed by atoms with van der Waals surface area (Å²) in [7, 11) is 0. The first-order chi connectivity index (χ1) is 12.9. The summed E-state index contributed by atoms with van der Waals surface area (Å²) in [5, 5.41) is 22.5. The summed E-state index contributed by atoms with van der Waals surface area (Å²) in [6.45, 7) is 0. The van der Waals surface area contributed by atoms with Gasteiger partial charge in [-0.3, -0.25) is 19.7 Å². The third-order valence-electron chi connectivity index (χ3n) is 5.10. The van der Waals surface area contributed by atoms with Crippen LogP contribution in [0, 0.1) is 17.7 Å².